The van der Waals surface area contributed by atoms with Crippen LogP contribution in [0.25, 0.3) is 11.3 Å². The molecule has 2 heterocycles. The molecule has 0 saturated heterocycles. The van der Waals surface area contributed by atoms with E-state index >= 15 is 0 Å². The van der Waals surface area contributed by atoms with Crippen LogP contribution in [0.15, 0.2) is 35.1 Å². The number of nitrogens with zero attached hydrogens (tertiary/aromatic N) is 2. The van der Waals surface area contributed by atoms with E-state index in [1.165, 1.54) is 16.7 Å². The second-order valence-electron chi connectivity index (χ2n) is 7.23. The molecule has 1 aliphatic heterocycles. The minimum absolute atomic E-state index is 0.282. The van der Waals surface area contributed by atoms with Gasteiger partial charge in [0.2, 0.25) is 5.88 Å². The Balaban J connectivity index is 1.84. The van der Waals surface area contributed by atoms with Crippen molar-refractivity contribution in [3.05, 3.63) is 73.7 Å². The smallest absolute Gasteiger partial charge is 0.351 e. The molecule has 5 heteroatoms. The number of rotatable bonds is 2. The van der Waals surface area contributed by atoms with Crippen molar-refractivity contribution < 1.29 is 4.74 Å². The molecule has 0 amide bonds. The topological polar surface area (TPSA) is 44.1 Å². The summed E-state index contributed by atoms with van der Waals surface area (Å²) in [5, 5.41) is 0.663. The van der Waals surface area contributed by atoms with E-state index < -0.39 is 0 Å². The van der Waals surface area contributed by atoms with Crippen LogP contribution in [0.3, 0.4) is 0 Å². The van der Waals surface area contributed by atoms with Gasteiger partial charge in [0, 0.05) is 23.2 Å². The zero-order valence-corrected chi connectivity index (χ0v) is 16.6. The summed E-state index contributed by atoms with van der Waals surface area (Å²) in [5.74, 6) is 0.998. The lowest BCUT2D eigenvalue weighted by atomic mass is 9.93. The minimum Gasteiger partial charge on any atom is -0.438 e. The van der Waals surface area contributed by atoms with E-state index in [0.29, 0.717) is 23.2 Å². The molecule has 0 spiro atoms. The van der Waals surface area contributed by atoms with Gasteiger partial charge in [-0.15, -0.1) is 0 Å². The normalized spacial score (nSPS) is 12.5. The molecule has 0 radical (unpaired) electrons. The first kappa shape index (κ1) is 17.8. The fourth-order valence-corrected chi connectivity index (χ4v) is 4.02. The molecule has 4 rings (SSSR count). The van der Waals surface area contributed by atoms with Crippen molar-refractivity contribution in [2.24, 2.45) is 0 Å². The molecule has 0 N–H and O–H groups in total. The summed E-state index contributed by atoms with van der Waals surface area (Å²) in [5.41, 5.74) is 7.21. The minimum atomic E-state index is -0.282. The molecule has 0 atom stereocenters. The number of aromatic nitrogens is 2. The second-order valence-corrected chi connectivity index (χ2v) is 7.66. The lowest BCUT2D eigenvalue weighted by molar-refractivity contribution is 0.447. The molecule has 1 aliphatic rings. The molecule has 1 aromatic heterocycles. The van der Waals surface area contributed by atoms with Crippen LogP contribution in [-0.4, -0.2) is 9.55 Å². The van der Waals surface area contributed by atoms with Crippen LogP contribution in [-0.2, 0) is 13.0 Å². The summed E-state index contributed by atoms with van der Waals surface area (Å²) in [6, 6.07) is 9.92. The average molecular weight is 381 g/mol. The van der Waals surface area contributed by atoms with Crippen molar-refractivity contribution in [3.8, 4) is 22.9 Å². The first-order chi connectivity index (χ1) is 12.8. The van der Waals surface area contributed by atoms with E-state index in [4.69, 9.17) is 16.3 Å². The number of hydrogen-bond acceptors (Lipinski definition) is 3. The predicted molar refractivity (Wildman–Crippen MR) is 108 cm³/mol. The average Bonchev–Trinajstić information content (AvgIpc) is 2.59. The number of halogens is 1. The molecule has 0 unspecified atom stereocenters. The van der Waals surface area contributed by atoms with E-state index in [0.717, 1.165) is 28.8 Å². The molecular formula is C22H21ClN2O2. The molecule has 0 saturated carbocycles. The van der Waals surface area contributed by atoms with Gasteiger partial charge in [-0.25, -0.2) is 4.79 Å². The monoisotopic (exact) mass is 380 g/mol. The van der Waals surface area contributed by atoms with Crippen LogP contribution in [0, 0.1) is 27.7 Å². The summed E-state index contributed by atoms with van der Waals surface area (Å²) in [6.45, 7) is 8.70. The van der Waals surface area contributed by atoms with Crippen molar-refractivity contribution >= 4 is 11.6 Å². The Morgan fingerprint density at radius 2 is 1.63 bits per heavy atom. The van der Waals surface area contributed by atoms with Crippen LogP contribution >= 0.6 is 11.6 Å². The van der Waals surface area contributed by atoms with Gasteiger partial charge in [0.25, 0.3) is 0 Å². The third kappa shape index (κ3) is 3.15. The van der Waals surface area contributed by atoms with E-state index in [2.05, 4.69) is 31.0 Å². The molecular weight excluding hydrogens is 360 g/mol. The van der Waals surface area contributed by atoms with Crippen LogP contribution < -0.4 is 10.4 Å². The zero-order chi connectivity index (χ0) is 19.3. The molecule has 3 aromatic rings. The summed E-state index contributed by atoms with van der Waals surface area (Å²) in [7, 11) is 0. The molecule has 2 aromatic carbocycles. The molecule has 4 nitrogen and oxygen atoms in total. The van der Waals surface area contributed by atoms with Gasteiger partial charge in [-0.2, -0.15) is 4.98 Å². The van der Waals surface area contributed by atoms with Crippen molar-refractivity contribution in [3.63, 3.8) is 0 Å². The summed E-state index contributed by atoms with van der Waals surface area (Å²) >= 11 is 6.10. The summed E-state index contributed by atoms with van der Waals surface area (Å²) in [6.07, 6.45) is 0.834. The number of ether oxygens (including phenoxy) is 1. The Bertz CT molecular complexity index is 1110. The van der Waals surface area contributed by atoms with E-state index in [-0.39, 0.29) is 5.69 Å². The maximum absolute atomic E-state index is 12.6. The van der Waals surface area contributed by atoms with Gasteiger partial charge in [-0.05, 0) is 80.1 Å². The first-order valence-corrected chi connectivity index (χ1v) is 9.38. The van der Waals surface area contributed by atoms with Crippen molar-refractivity contribution in [1.82, 2.24) is 9.55 Å². The summed E-state index contributed by atoms with van der Waals surface area (Å²) < 4.78 is 7.76. The lowest BCUT2D eigenvalue weighted by Gasteiger charge is -2.23. The van der Waals surface area contributed by atoms with Gasteiger partial charge in [0.1, 0.15) is 5.75 Å². The Morgan fingerprint density at radius 3 is 2.33 bits per heavy atom. The van der Waals surface area contributed by atoms with Crippen molar-refractivity contribution in [1.29, 1.82) is 0 Å². The third-order valence-electron chi connectivity index (χ3n) is 5.22. The van der Waals surface area contributed by atoms with E-state index in [9.17, 15) is 4.79 Å². The van der Waals surface area contributed by atoms with Crippen LogP contribution in [0.1, 0.15) is 27.8 Å². The Kier molecular flexibility index (Phi) is 4.31. The molecule has 138 valence electrons. The maximum Gasteiger partial charge on any atom is 0.351 e. The first-order valence-electron chi connectivity index (χ1n) is 9.00. The van der Waals surface area contributed by atoms with Gasteiger partial charge in [-0.3, -0.25) is 4.57 Å². The highest BCUT2D eigenvalue weighted by Gasteiger charge is 2.20. The number of hydrogen-bond donors (Lipinski definition) is 0. The largest absolute Gasteiger partial charge is 0.438 e. The van der Waals surface area contributed by atoms with Gasteiger partial charge in [-0.1, -0.05) is 17.7 Å². The standard InChI is InChI=1S/C22H21ClN2O2/c1-12-7-16-5-6-25-19(18(16)10-13(12)2)11-20(24-22(25)26)27-21-14(3)8-17(23)9-15(21)4/h7-11H,5-6H2,1-4H3. The SMILES string of the molecule is Cc1cc2c(cc1C)-c1cc(Oc3c(C)cc(Cl)cc3C)nc(=O)n1CC2. The van der Waals surface area contributed by atoms with Crippen LogP contribution in [0.2, 0.25) is 5.02 Å². The molecule has 0 bridgehead atoms. The number of benzene rings is 2. The number of aryl methyl sites for hydroxylation is 5. The van der Waals surface area contributed by atoms with Gasteiger partial charge >= 0.3 is 5.69 Å². The summed E-state index contributed by atoms with van der Waals surface area (Å²) in [4.78, 5) is 16.8. The zero-order valence-electron chi connectivity index (χ0n) is 15.9. The highest BCUT2D eigenvalue weighted by atomic mass is 35.5. The highest BCUT2D eigenvalue weighted by Crippen LogP contribution is 2.34. The Hall–Kier alpha value is -2.59. The molecule has 0 fully saturated rings. The quantitative estimate of drug-likeness (QED) is 0.617. The van der Waals surface area contributed by atoms with Crippen molar-refractivity contribution in [2.45, 2.75) is 40.7 Å². The third-order valence-corrected chi connectivity index (χ3v) is 5.44. The van der Waals surface area contributed by atoms with Crippen molar-refractivity contribution in [2.75, 3.05) is 0 Å². The van der Waals surface area contributed by atoms with E-state index in [1.54, 1.807) is 4.57 Å². The molecule has 0 aliphatic carbocycles. The van der Waals surface area contributed by atoms with Crippen LogP contribution in [0.5, 0.6) is 11.6 Å². The fraction of sp³-hybridized carbons (Fsp3) is 0.273. The molecule has 27 heavy (non-hydrogen) atoms. The Morgan fingerprint density at radius 1 is 0.963 bits per heavy atom. The number of fused-ring (bicyclic) bond motifs is 3. The maximum atomic E-state index is 12.6. The van der Waals surface area contributed by atoms with E-state index in [1.807, 2.05) is 32.0 Å². The highest BCUT2D eigenvalue weighted by molar-refractivity contribution is 6.30. The van der Waals surface area contributed by atoms with Gasteiger partial charge < -0.3 is 4.74 Å². The predicted octanol–water partition coefficient (Wildman–Crippen LogP) is 5.15. The second kappa shape index (κ2) is 6.54. The van der Waals surface area contributed by atoms with Gasteiger partial charge in [0.05, 0.1) is 5.69 Å². The van der Waals surface area contributed by atoms with Crippen LogP contribution in [0.4, 0.5) is 0 Å². The van der Waals surface area contributed by atoms with Gasteiger partial charge in [0.15, 0.2) is 0 Å². The fourth-order valence-electron chi connectivity index (χ4n) is 3.69. The Labute approximate surface area is 163 Å². The lowest BCUT2D eigenvalue weighted by Crippen LogP contribution is -2.28.